The van der Waals surface area contributed by atoms with Crippen LogP contribution < -0.4 is 10.2 Å². The Morgan fingerprint density at radius 1 is 1.21 bits per heavy atom. The molecule has 0 bridgehead atoms. The first-order valence-corrected chi connectivity index (χ1v) is 9.57. The van der Waals surface area contributed by atoms with Gasteiger partial charge in [-0.1, -0.05) is 0 Å². The number of hydrogen-bond acceptors (Lipinski definition) is 6. The first-order chi connectivity index (χ1) is 14.3. The monoisotopic (exact) mass is 388 g/mol. The van der Waals surface area contributed by atoms with E-state index in [0.717, 1.165) is 41.8 Å². The number of aromatic nitrogens is 6. The van der Waals surface area contributed by atoms with Crippen molar-refractivity contribution in [2.24, 2.45) is 5.92 Å². The summed E-state index contributed by atoms with van der Waals surface area (Å²) in [5, 5.41) is 15.2. The Morgan fingerprint density at radius 3 is 3.03 bits per heavy atom. The summed E-state index contributed by atoms with van der Waals surface area (Å²) in [5.41, 5.74) is 1.67. The van der Waals surface area contributed by atoms with E-state index in [1.165, 1.54) is 6.33 Å². The second-order valence-electron chi connectivity index (χ2n) is 7.13. The molecular formula is C20H20N8O. The highest BCUT2D eigenvalue weighted by atomic mass is 16.1. The fraction of sp³-hybridized carbons (Fsp3) is 0.250. The van der Waals surface area contributed by atoms with Gasteiger partial charge < -0.3 is 10.2 Å². The molecule has 9 nitrogen and oxygen atoms in total. The minimum Gasteiger partial charge on any atom is -0.356 e. The fourth-order valence-corrected chi connectivity index (χ4v) is 3.70. The van der Waals surface area contributed by atoms with Gasteiger partial charge in [0.25, 0.3) is 0 Å². The van der Waals surface area contributed by atoms with Gasteiger partial charge in [0.2, 0.25) is 5.91 Å². The van der Waals surface area contributed by atoms with Crippen molar-refractivity contribution in [2.45, 2.75) is 12.8 Å². The van der Waals surface area contributed by atoms with Gasteiger partial charge in [-0.05, 0) is 37.1 Å². The SMILES string of the molecule is O=C(Nc1ccc2cn[nH]c2c1)C1CCCN(c2cc(-n3cccn3)ncn2)C1. The standard InChI is InChI=1S/C20H20N8O/c29-20(25-16-5-4-14-11-23-26-17(14)9-16)15-3-1-7-27(12-15)18-10-19(22-13-21-18)28-8-2-6-24-28/h2,4-6,8-11,13,15H,1,3,7,12H2,(H,23,26)(H,25,29). The zero-order chi connectivity index (χ0) is 19.6. The second kappa shape index (κ2) is 7.34. The minimum atomic E-state index is -0.107. The highest BCUT2D eigenvalue weighted by molar-refractivity contribution is 5.95. The smallest absolute Gasteiger partial charge is 0.229 e. The maximum atomic E-state index is 12.9. The molecule has 146 valence electrons. The van der Waals surface area contributed by atoms with Crippen molar-refractivity contribution < 1.29 is 4.79 Å². The summed E-state index contributed by atoms with van der Waals surface area (Å²) in [6, 6.07) is 9.50. The Labute approximate surface area is 166 Å². The number of amides is 1. The number of hydrogen-bond donors (Lipinski definition) is 2. The number of carbonyl (C=O) groups excluding carboxylic acids is 1. The van der Waals surface area contributed by atoms with E-state index in [4.69, 9.17) is 0 Å². The van der Waals surface area contributed by atoms with Crippen LogP contribution in [0.15, 0.2) is 55.2 Å². The topological polar surface area (TPSA) is 105 Å². The average Bonchev–Trinajstić information content (AvgIpc) is 3.46. The third-order valence-electron chi connectivity index (χ3n) is 5.20. The zero-order valence-electron chi connectivity index (χ0n) is 15.7. The molecular weight excluding hydrogens is 368 g/mol. The summed E-state index contributed by atoms with van der Waals surface area (Å²) < 4.78 is 1.70. The molecule has 1 amide bonds. The number of carbonyl (C=O) groups is 1. The van der Waals surface area contributed by atoms with Crippen LogP contribution in [0.25, 0.3) is 16.7 Å². The van der Waals surface area contributed by atoms with Gasteiger partial charge in [0, 0.05) is 42.6 Å². The van der Waals surface area contributed by atoms with E-state index in [9.17, 15) is 4.79 Å². The van der Waals surface area contributed by atoms with Crippen LogP contribution >= 0.6 is 0 Å². The van der Waals surface area contributed by atoms with Crippen LogP contribution in [0, 0.1) is 5.92 Å². The van der Waals surface area contributed by atoms with Gasteiger partial charge in [-0.3, -0.25) is 9.89 Å². The van der Waals surface area contributed by atoms with Crippen LogP contribution in [-0.4, -0.2) is 48.9 Å². The Kier molecular flexibility index (Phi) is 4.39. The molecule has 5 rings (SSSR count). The largest absolute Gasteiger partial charge is 0.356 e. The third kappa shape index (κ3) is 3.54. The van der Waals surface area contributed by atoms with Gasteiger partial charge in [0.15, 0.2) is 5.82 Å². The lowest BCUT2D eigenvalue weighted by Crippen LogP contribution is -2.41. The highest BCUT2D eigenvalue weighted by Gasteiger charge is 2.27. The Bertz CT molecular complexity index is 1140. The molecule has 0 aliphatic carbocycles. The van der Waals surface area contributed by atoms with Crippen LogP contribution in [0.5, 0.6) is 0 Å². The van der Waals surface area contributed by atoms with Crippen LogP contribution in [0.2, 0.25) is 0 Å². The van der Waals surface area contributed by atoms with E-state index in [1.54, 1.807) is 17.1 Å². The van der Waals surface area contributed by atoms with Crippen molar-refractivity contribution in [3.63, 3.8) is 0 Å². The molecule has 1 atom stereocenters. The molecule has 1 fully saturated rings. The number of anilines is 2. The first kappa shape index (κ1) is 17.4. The van der Waals surface area contributed by atoms with E-state index >= 15 is 0 Å². The number of H-pyrrole nitrogens is 1. The van der Waals surface area contributed by atoms with E-state index in [-0.39, 0.29) is 11.8 Å². The number of aromatic amines is 1. The van der Waals surface area contributed by atoms with Gasteiger partial charge in [-0.15, -0.1) is 0 Å². The van der Waals surface area contributed by atoms with E-state index in [0.29, 0.717) is 12.4 Å². The van der Waals surface area contributed by atoms with Crippen LogP contribution in [-0.2, 0) is 4.79 Å². The highest BCUT2D eigenvalue weighted by Crippen LogP contribution is 2.24. The fourth-order valence-electron chi connectivity index (χ4n) is 3.70. The molecule has 4 heterocycles. The zero-order valence-corrected chi connectivity index (χ0v) is 15.7. The quantitative estimate of drug-likeness (QED) is 0.556. The first-order valence-electron chi connectivity index (χ1n) is 9.57. The Morgan fingerprint density at radius 2 is 2.14 bits per heavy atom. The van der Waals surface area contributed by atoms with E-state index in [1.807, 2.05) is 36.5 Å². The lowest BCUT2D eigenvalue weighted by Gasteiger charge is -2.32. The van der Waals surface area contributed by atoms with Crippen LogP contribution in [0.1, 0.15) is 12.8 Å². The summed E-state index contributed by atoms with van der Waals surface area (Å²) in [6.45, 7) is 1.48. The predicted molar refractivity (Wildman–Crippen MR) is 109 cm³/mol. The van der Waals surface area contributed by atoms with Gasteiger partial charge in [-0.25, -0.2) is 14.6 Å². The summed E-state index contributed by atoms with van der Waals surface area (Å²) in [5.74, 6) is 1.43. The molecule has 2 N–H and O–H groups in total. The van der Waals surface area contributed by atoms with Crippen molar-refractivity contribution in [2.75, 3.05) is 23.3 Å². The Balaban J connectivity index is 1.30. The second-order valence-corrected chi connectivity index (χ2v) is 7.13. The number of benzene rings is 1. The lowest BCUT2D eigenvalue weighted by molar-refractivity contribution is -0.120. The van der Waals surface area contributed by atoms with Gasteiger partial charge in [-0.2, -0.15) is 10.2 Å². The lowest BCUT2D eigenvalue weighted by atomic mass is 9.97. The van der Waals surface area contributed by atoms with Gasteiger partial charge in [0.1, 0.15) is 12.1 Å². The molecule has 0 spiro atoms. The molecule has 4 aromatic rings. The molecule has 1 aromatic carbocycles. The summed E-state index contributed by atoms with van der Waals surface area (Å²) in [4.78, 5) is 23.7. The van der Waals surface area contributed by atoms with Gasteiger partial charge >= 0.3 is 0 Å². The van der Waals surface area contributed by atoms with Crippen LogP contribution in [0.3, 0.4) is 0 Å². The van der Waals surface area contributed by atoms with Crippen molar-refractivity contribution in [1.82, 2.24) is 29.9 Å². The van der Waals surface area contributed by atoms with Crippen molar-refractivity contribution >= 4 is 28.3 Å². The number of rotatable bonds is 4. The predicted octanol–water partition coefficient (Wildman–Crippen LogP) is 2.39. The maximum absolute atomic E-state index is 12.9. The summed E-state index contributed by atoms with van der Waals surface area (Å²) >= 11 is 0. The summed E-state index contributed by atoms with van der Waals surface area (Å²) in [6.07, 6.45) is 8.64. The molecule has 1 aliphatic heterocycles. The normalized spacial score (nSPS) is 16.8. The Hall–Kier alpha value is -3.75. The summed E-state index contributed by atoms with van der Waals surface area (Å²) in [7, 11) is 0. The van der Waals surface area contributed by atoms with E-state index in [2.05, 4.69) is 35.5 Å². The number of nitrogens with one attached hydrogen (secondary N) is 2. The molecule has 0 saturated carbocycles. The van der Waals surface area contributed by atoms with Crippen molar-refractivity contribution in [3.8, 4) is 5.82 Å². The van der Waals surface area contributed by atoms with Crippen LogP contribution in [0.4, 0.5) is 11.5 Å². The van der Waals surface area contributed by atoms with E-state index < -0.39 is 0 Å². The van der Waals surface area contributed by atoms with Crippen molar-refractivity contribution in [1.29, 1.82) is 0 Å². The minimum absolute atomic E-state index is 0.0231. The molecule has 0 radical (unpaired) electrons. The number of nitrogens with zero attached hydrogens (tertiary/aromatic N) is 6. The average molecular weight is 388 g/mol. The molecule has 29 heavy (non-hydrogen) atoms. The molecule has 1 unspecified atom stereocenters. The molecule has 9 heteroatoms. The van der Waals surface area contributed by atoms with Crippen molar-refractivity contribution in [3.05, 3.63) is 55.2 Å². The number of fused-ring (bicyclic) bond motifs is 1. The molecule has 3 aromatic heterocycles. The molecule has 1 saturated heterocycles. The maximum Gasteiger partial charge on any atom is 0.229 e. The van der Waals surface area contributed by atoms with Gasteiger partial charge in [0.05, 0.1) is 17.6 Å². The molecule has 1 aliphatic rings. The number of piperidine rings is 1. The third-order valence-corrected chi connectivity index (χ3v) is 5.20.